The summed E-state index contributed by atoms with van der Waals surface area (Å²) in [4.78, 5) is 4.29. The predicted molar refractivity (Wildman–Crippen MR) is 53.0 cm³/mol. The molecule has 1 aromatic heterocycles. The normalized spacial score (nSPS) is 13.1. The van der Waals surface area contributed by atoms with Crippen LogP contribution in [0.3, 0.4) is 0 Å². The highest BCUT2D eigenvalue weighted by Crippen LogP contribution is 2.15. The van der Waals surface area contributed by atoms with E-state index in [-0.39, 0.29) is 6.61 Å². The fourth-order valence-corrected chi connectivity index (χ4v) is 1.14. The zero-order valence-electron chi connectivity index (χ0n) is 8.86. The Morgan fingerprint density at radius 1 is 1.43 bits per heavy atom. The first-order valence-corrected chi connectivity index (χ1v) is 5.21. The fraction of sp³-hybridized carbons (Fsp3) is 0.800. The molecule has 0 radical (unpaired) electrons. The van der Waals surface area contributed by atoms with Crippen LogP contribution in [0, 0.1) is 0 Å². The van der Waals surface area contributed by atoms with Crippen LogP contribution in [0.2, 0.25) is 0 Å². The molecule has 0 aliphatic carbocycles. The third kappa shape index (κ3) is 3.10. The number of aliphatic hydroxyl groups is 1. The lowest BCUT2D eigenvalue weighted by molar-refractivity contribution is 0.280. The minimum atomic E-state index is 0.229. The van der Waals surface area contributed by atoms with Crippen molar-refractivity contribution in [2.24, 2.45) is 0 Å². The van der Waals surface area contributed by atoms with Crippen LogP contribution < -0.4 is 0 Å². The molecule has 80 valence electrons. The lowest BCUT2D eigenvalue weighted by atomic mass is 10.1. The van der Waals surface area contributed by atoms with Crippen molar-refractivity contribution in [2.75, 3.05) is 6.61 Å². The van der Waals surface area contributed by atoms with Crippen LogP contribution in [-0.4, -0.2) is 21.9 Å². The summed E-state index contributed by atoms with van der Waals surface area (Å²) >= 11 is 0. The monoisotopic (exact) mass is 198 g/mol. The van der Waals surface area contributed by atoms with Crippen molar-refractivity contribution in [3.05, 3.63) is 11.7 Å². The topological polar surface area (TPSA) is 59.2 Å². The van der Waals surface area contributed by atoms with Gasteiger partial charge in [-0.1, -0.05) is 19.0 Å². The van der Waals surface area contributed by atoms with E-state index >= 15 is 0 Å². The highest BCUT2D eigenvalue weighted by molar-refractivity contribution is 4.92. The van der Waals surface area contributed by atoms with E-state index in [0.717, 1.165) is 31.5 Å². The molecule has 1 heterocycles. The second-order valence-corrected chi connectivity index (χ2v) is 3.54. The minimum absolute atomic E-state index is 0.229. The van der Waals surface area contributed by atoms with Crippen LogP contribution in [0.4, 0.5) is 0 Å². The zero-order chi connectivity index (χ0) is 10.4. The lowest BCUT2D eigenvalue weighted by Gasteiger charge is -1.98. The van der Waals surface area contributed by atoms with Crippen LogP contribution in [0.25, 0.3) is 0 Å². The molecule has 0 spiro atoms. The van der Waals surface area contributed by atoms with Gasteiger partial charge in [0.05, 0.1) is 0 Å². The summed E-state index contributed by atoms with van der Waals surface area (Å²) in [6.45, 7) is 4.42. The number of hydrogen-bond acceptors (Lipinski definition) is 4. The maximum atomic E-state index is 8.61. The largest absolute Gasteiger partial charge is 0.396 e. The Labute approximate surface area is 84.3 Å². The molecule has 1 atom stereocenters. The Morgan fingerprint density at radius 2 is 2.21 bits per heavy atom. The Hall–Kier alpha value is -0.900. The SMILES string of the molecule is CCC(C)c1noc(CCCCO)n1. The summed E-state index contributed by atoms with van der Waals surface area (Å²) in [5.74, 6) is 1.85. The van der Waals surface area contributed by atoms with Crippen molar-refractivity contribution in [2.45, 2.75) is 45.4 Å². The molecule has 4 nitrogen and oxygen atoms in total. The molecule has 1 N–H and O–H groups in total. The molecular formula is C10H18N2O2. The summed E-state index contributed by atoms with van der Waals surface area (Å²) in [6.07, 6.45) is 3.49. The first kappa shape index (κ1) is 11.2. The second-order valence-electron chi connectivity index (χ2n) is 3.54. The zero-order valence-corrected chi connectivity index (χ0v) is 8.86. The van der Waals surface area contributed by atoms with E-state index in [1.807, 2.05) is 0 Å². The van der Waals surface area contributed by atoms with E-state index in [4.69, 9.17) is 9.63 Å². The van der Waals surface area contributed by atoms with Crippen LogP contribution in [-0.2, 0) is 6.42 Å². The van der Waals surface area contributed by atoms with Crippen molar-refractivity contribution < 1.29 is 9.63 Å². The van der Waals surface area contributed by atoms with Gasteiger partial charge < -0.3 is 9.63 Å². The molecular weight excluding hydrogens is 180 g/mol. The molecule has 0 saturated carbocycles. The molecule has 0 aromatic carbocycles. The van der Waals surface area contributed by atoms with Gasteiger partial charge in [0.25, 0.3) is 0 Å². The number of rotatable bonds is 6. The summed E-state index contributed by atoms with van der Waals surface area (Å²) in [6, 6.07) is 0. The Kier molecular flexibility index (Phi) is 4.59. The molecule has 14 heavy (non-hydrogen) atoms. The maximum absolute atomic E-state index is 8.61. The van der Waals surface area contributed by atoms with Crippen LogP contribution in [0.1, 0.15) is 50.7 Å². The first-order valence-electron chi connectivity index (χ1n) is 5.21. The molecule has 1 aromatic rings. The van der Waals surface area contributed by atoms with Gasteiger partial charge in [-0.3, -0.25) is 0 Å². The van der Waals surface area contributed by atoms with Gasteiger partial charge in [-0.25, -0.2) is 0 Å². The third-order valence-electron chi connectivity index (χ3n) is 2.34. The van der Waals surface area contributed by atoms with E-state index in [0.29, 0.717) is 11.8 Å². The standard InChI is InChI=1S/C10H18N2O2/c1-3-8(2)10-11-9(14-12-10)6-4-5-7-13/h8,13H,3-7H2,1-2H3. The molecule has 0 aliphatic heterocycles. The van der Waals surface area contributed by atoms with Gasteiger partial charge in [-0.15, -0.1) is 0 Å². The molecule has 0 amide bonds. The summed E-state index contributed by atoms with van der Waals surface area (Å²) in [5.41, 5.74) is 0. The molecule has 1 rings (SSSR count). The molecule has 0 bridgehead atoms. The number of hydrogen-bond donors (Lipinski definition) is 1. The average Bonchev–Trinajstić information content (AvgIpc) is 2.66. The highest BCUT2D eigenvalue weighted by atomic mass is 16.5. The molecule has 0 aliphatic rings. The van der Waals surface area contributed by atoms with Crippen molar-refractivity contribution in [1.82, 2.24) is 10.1 Å². The lowest BCUT2D eigenvalue weighted by Crippen LogP contribution is -1.94. The van der Waals surface area contributed by atoms with Gasteiger partial charge in [0.15, 0.2) is 5.82 Å². The Morgan fingerprint density at radius 3 is 2.86 bits per heavy atom. The van der Waals surface area contributed by atoms with Crippen LogP contribution in [0.5, 0.6) is 0 Å². The summed E-state index contributed by atoms with van der Waals surface area (Å²) in [7, 11) is 0. The number of aryl methyl sites for hydroxylation is 1. The van der Waals surface area contributed by atoms with Crippen LogP contribution in [0.15, 0.2) is 4.52 Å². The van der Waals surface area contributed by atoms with Gasteiger partial charge in [-0.05, 0) is 19.3 Å². The van der Waals surface area contributed by atoms with E-state index in [1.165, 1.54) is 0 Å². The highest BCUT2D eigenvalue weighted by Gasteiger charge is 2.11. The summed E-state index contributed by atoms with van der Waals surface area (Å²) in [5, 5.41) is 12.5. The van der Waals surface area contributed by atoms with E-state index in [9.17, 15) is 0 Å². The average molecular weight is 198 g/mol. The van der Waals surface area contributed by atoms with E-state index in [2.05, 4.69) is 24.0 Å². The van der Waals surface area contributed by atoms with Crippen molar-refractivity contribution in [3.63, 3.8) is 0 Å². The van der Waals surface area contributed by atoms with Gasteiger partial charge in [0.2, 0.25) is 5.89 Å². The van der Waals surface area contributed by atoms with Gasteiger partial charge in [0.1, 0.15) is 0 Å². The number of unbranched alkanes of at least 4 members (excludes halogenated alkanes) is 1. The van der Waals surface area contributed by atoms with E-state index < -0.39 is 0 Å². The smallest absolute Gasteiger partial charge is 0.226 e. The minimum Gasteiger partial charge on any atom is -0.396 e. The van der Waals surface area contributed by atoms with Crippen molar-refractivity contribution in [3.8, 4) is 0 Å². The predicted octanol–water partition coefficient (Wildman–Crippen LogP) is 1.90. The number of aliphatic hydroxyl groups excluding tert-OH is 1. The van der Waals surface area contributed by atoms with Gasteiger partial charge >= 0.3 is 0 Å². The second kappa shape index (κ2) is 5.75. The molecule has 4 heteroatoms. The van der Waals surface area contributed by atoms with Crippen LogP contribution >= 0.6 is 0 Å². The van der Waals surface area contributed by atoms with E-state index in [1.54, 1.807) is 0 Å². The third-order valence-corrected chi connectivity index (χ3v) is 2.34. The molecule has 0 fully saturated rings. The van der Waals surface area contributed by atoms with Crippen molar-refractivity contribution >= 4 is 0 Å². The fourth-order valence-electron chi connectivity index (χ4n) is 1.14. The Bertz CT molecular complexity index is 260. The summed E-state index contributed by atoms with van der Waals surface area (Å²) < 4.78 is 5.09. The van der Waals surface area contributed by atoms with Gasteiger partial charge in [-0.2, -0.15) is 4.98 Å². The molecule has 1 unspecified atom stereocenters. The quantitative estimate of drug-likeness (QED) is 0.709. The molecule has 0 saturated heterocycles. The Balaban J connectivity index is 2.42. The van der Waals surface area contributed by atoms with Crippen molar-refractivity contribution in [1.29, 1.82) is 0 Å². The number of nitrogens with zero attached hydrogens (tertiary/aromatic N) is 2. The first-order chi connectivity index (χ1) is 6.77. The maximum Gasteiger partial charge on any atom is 0.226 e. The number of aromatic nitrogens is 2. The van der Waals surface area contributed by atoms with Gasteiger partial charge in [0, 0.05) is 18.9 Å².